The van der Waals surface area contributed by atoms with Crippen LogP contribution in [0.1, 0.15) is 32.3 Å². The normalized spacial score (nSPS) is 13.7. The highest BCUT2D eigenvalue weighted by atomic mass is 16.6. The van der Waals surface area contributed by atoms with Crippen molar-refractivity contribution >= 4 is 12.0 Å². The Balaban J connectivity index is 1.75. The Morgan fingerprint density at radius 3 is 2.81 bits per heavy atom. The number of fused-ring (bicyclic) bond motifs is 1. The number of ether oxygens (including phenoxy) is 2. The zero-order valence-electron chi connectivity index (χ0n) is 12.7. The molecular weight excluding hydrogens is 266 g/mol. The van der Waals surface area contributed by atoms with Crippen LogP contribution in [0.5, 0.6) is 11.5 Å². The highest BCUT2D eigenvalue weighted by molar-refractivity contribution is 5.76. The summed E-state index contributed by atoms with van der Waals surface area (Å²) >= 11 is 0. The molecule has 0 saturated heterocycles. The molecular formula is C17H23NO3. The Morgan fingerprint density at radius 2 is 2.05 bits per heavy atom. The van der Waals surface area contributed by atoms with Crippen LogP contribution in [0.25, 0.3) is 6.08 Å². The van der Waals surface area contributed by atoms with E-state index in [2.05, 4.69) is 11.4 Å². The SMILES string of the molecule is CC(C)CC(=O)NCC/C=C/c1ccc2c(c1)OCCO2. The smallest absolute Gasteiger partial charge is 0.220 e. The van der Waals surface area contributed by atoms with E-state index < -0.39 is 0 Å². The maximum Gasteiger partial charge on any atom is 0.220 e. The summed E-state index contributed by atoms with van der Waals surface area (Å²) in [6, 6.07) is 5.91. The number of rotatable bonds is 6. The fourth-order valence-corrected chi connectivity index (χ4v) is 2.12. The fourth-order valence-electron chi connectivity index (χ4n) is 2.12. The van der Waals surface area contributed by atoms with E-state index in [1.54, 1.807) is 0 Å². The van der Waals surface area contributed by atoms with Crippen molar-refractivity contribution in [3.63, 3.8) is 0 Å². The van der Waals surface area contributed by atoms with Crippen LogP contribution in [-0.2, 0) is 4.79 Å². The van der Waals surface area contributed by atoms with Crippen LogP contribution < -0.4 is 14.8 Å². The fraction of sp³-hybridized carbons (Fsp3) is 0.471. The summed E-state index contributed by atoms with van der Waals surface area (Å²) in [5.74, 6) is 2.13. The maximum atomic E-state index is 11.5. The summed E-state index contributed by atoms with van der Waals surface area (Å²) < 4.78 is 11.0. The van der Waals surface area contributed by atoms with Crippen LogP contribution in [-0.4, -0.2) is 25.7 Å². The number of nitrogens with one attached hydrogen (secondary N) is 1. The molecule has 0 unspecified atom stereocenters. The molecule has 1 N–H and O–H groups in total. The second kappa shape index (κ2) is 7.72. The highest BCUT2D eigenvalue weighted by Gasteiger charge is 2.10. The largest absolute Gasteiger partial charge is 0.486 e. The molecule has 2 rings (SSSR count). The van der Waals surface area contributed by atoms with Gasteiger partial charge in [0, 0.05) is 13.0 Å². The van der Waals surface area contributed by atoms with Gasteiger partial charge in [0.15, 0.2) is 11.5 Å². The molecule has 0 aliphatic carbocycles. The zero-order chi connectivity index (χ0) is 15.1. The van der Waals surface area contributed by atoms with Gasteiger partial charge in [0.25, 0.3) is 0 Å². The Bertz CT molecular complexity index is 509. The number of hydrogen-bond donors (Lipinski definition) is 1. The molecule has 0 radical (unpaired) electrons. The molecule has 4 heteroatoms. The lowest BCUT2D eigenvalue weighted by molar-refractivity contribution is -0.121. The van der Waals surface area contributed by atoms with Crippen molar-refractivity contribution in [2.45, 2.75) is 26.7 Å². The van der Waals surface area contributed by atoms with Gasteiger partial charge in [-0.05, 0) is 30.0 Å². The predicted molar refractivity (Wildman–Crippen MR) is 83.5 cm³/mol. The van der Waals surface area contributed by atoms with E-state index >= 15 is 0 Å². The molecule has 1 aliphatic heterocycles. The van der Waals surface area contributed by atoms with E-state index in [0.717, 1.165) is 23.5 Å². The standard InChI is InChI=1S/C17H23NO3/c1-13(2)11-17(19)18-8-4-3-5-14-6-7-15-16(12-14)21-10-9-20-15/h3,5-7,12-13H,4,8-11H2,1-2H3,(H,18,19)/b5-3+. The number of amides is 1. The van der Waals surface area contributed by atoms with Gasteiger partial charge in [0.2, 0.25) is 5.91 Å². The van der Waals surface area contributed by atoms with Crippen molar-refractivity contribution in [3.05, 3.63) is 29.8 Å². The molecule has 0 aromatic heterocycles. The molecule has 1 aliphatic rings. The third-order valence-electron chi connectivity index (χ3n) is 3.10. The van der Waals surface area contributed by atoms with Crippen LogP contribution in [0.4, 0.5) is 0 Å². The molecule has 114 valence electrons. The van der Waals surface area contributed by atoms with Crippen molar-refractivity contribution in [2.75, 3.05) is 19.8 Å². The van der Waals surface area contributed by atoms with Gasteiger partial charge in [-0.15, -0.1) is 0 Å². The monoisotopic (exact) mass is 289 g/mol. The summed E-state index contributed by atoms with van der Waals surface area (Å²) in [6.45, 7) is 5.97. The molecule has 4 nitrogen and oxygen atoms in total. The van der Waals surface area contributed by atoms with Gasteiger partial charge in [-0.3, -0.25) is 4.79 Å². The van der Waals surface area contributed by atoms with Gasteiger partial charge < -0.3 is 14.8 Å². The van der Waals surface area contributed by atoms with E-state index in [1.807, 2.05) is 38.1 Å². The Labute approximate surface area is 126 Å². The van der Waals surface area contributed by atoms with Gasteiger partial charge in [-0.25, -0.2) is 0 Å². The van der Waals surface area contributed by atoms with Crippen molar-refractivity contribution < 1.29 is 14.3 Å². The molecule has 0 saturated carbocycles. The van der Waals surface area contributed by atoms with E-state index in [9.17, 15) is 4.79 Å². The first-order chi connectivity index (χ1) is 10.1. The van der Waals surface area contributed by atoms with Crippen LogP contribution in [0.15, 0.2) is 24.3 Å². The molecule has 21 heavy (non-hydrogen) atoms. The maximum absolute atomic E-state index is 11.5. The zero-order valence-corrected chi connectivity index (χ0v) is 12.7. The van der Waals surface area contributed by atoms with Crippen molar-refractivity contribution in [1.29, 1.82) is 0 Å². The van der Waals surface area contributed by atoms with Gasteiger partial charge in [0.05, 0.1) is 0 Å². The molecule has 1 amide bonds. The summed E-state index contributed by atoms with van der Waals surface area (Å²) in [5, 5.41) is 2.92. The van der Waals surface area contributed by atoms with Crippen LogP contribution >= 0.6 is 0 Å². The van der Waals surface area contributed by atoms with Crippen molar-refractivity contribution in [3.8, 4) is 11.5 Å². The average molecular weight is 289 g/mol. The molecule has 1 heterocycles. The highest BCUT2D eigenvalue weighted by Crippen LogP contribution is 2.31. The first-order valence-electron chi connectivity index (χ1n) is 7.48. The lowest BCUT2D eigenvalue weighted by atomic mass is 10.1. The van der Waals surface area contributed by atoms with Crippen LogP contribution in [0.2, 0.25) is 0 Å². The first kappa shape index (κ1) is 15.4. The number of carbonyl (C=O) groups excluding carboxylic acids is 1. The topological polar surface area (TPSA) is 47.6 Å². The van der Waals surface area contributed by atoms with Crippen molar-refractivity contribution in [2.24, 2.45) is 5.92 Å². The second-order valence-corrected chi connectivity index (χ2v) is 5.54. The predicted octanol–water partition coefficient (Wildman–Crippen LogP) is 3.02. The lowest BCUT2D eigenvalue weighted by Crippen LogP contribution is -2.25. The number of benzene rings is 1. The number of carbonyl (C=O) groups is 1. The minimum absolute atomic E-state index is 0.123. The molecule has 1 aromatic carbocycles. The minimum atomic E-state index is 0.123. The molecule has 1 aromatic rings. The molecule has 0 fully saturated rings. The summed E-state index contributed by atoms with van der Waals surface area (Å²) in [5.41, 5.74) is 1.08. The second-order valence-electron chi connectivity index (χ2n) is 5.54. The third kappa shape index (κ3) is 5.14. The lowest BCUT2D eigenvalue weighted by Gasteiger charge is -2.18. The third-order valence-corrected chi connectivity index (χ3v) is 3.10. The van der Waals surface area contributed by atoms with Crippen molar-refractivity contribution in [1.82, 2.24) is 5.32 Å². The average Bonchev–Trinajstić information content (AvgIpc) is 2.46. The Kier molecular flexibility index (Phi) is 5.67. The number of hydrogen-bond acceptors (Lipinski definition) is 3. The first-order valence-corrected chi connectivity index (χ1v) is 7.48. The van der Waals surface area contributed by atoms with Gasteiger partial charge >= 0.3 is 0 Å². The van der Waals surface area contributed by atoms with E-state index in [0.29, 0.717) is 32.1 Å². The quantitative estimate of drug-likeness (QED) is 0.819. The van der Waals surface area contributed by atoms with Gasteiger partial charge in [0.1, 0.15) is 13.2 Å². The van der Waals surface area contributed by atoms with Crippen LogP contribution in [0.3, 0.4) is 0 Å². The Morgan fingerprint density at radius 1 is 1.29 bits per heavy atom. The van der Waals surface area contributed by atoms with E-state index in [4.69, 9.17) is 9.47 Å². The van der Waals surface area contributed by atoms with E-state index in [1.165, 1.54) is 0 Å². The molecule has 0 spiro atoms. The minimum Gasteiger partial charge on any atom is -0.486 e. The van der Waals surface area contributed by atoms with Gasteiger partial charge in [-0.1, -0.05) is 32.1 Å². The Hall–Kier alpha value is -1.97. The summed E-state index contributed by atoms with van der Waals surface area (Å²) in [6.07, 6.45) is 5.50. The summed E-state index contributed by atoms with van der Waals surface area (Å²) in [4.78, 5) is 11.5. The van der Waals surface area contributed by atoms with Crippen LogP contribution in [0, 0.1) is 5.92 Å². The molecule has 0 atom stereocenters. The summed E-state index contributed by atoms with van der Waals surface area (Å²) in [7, 11) is 0. The van der Waals surface area contributed by atoms with E-state index in [-0.39, 0.29) is 5.91 Å². The molecule has 0 bridgehead atoms. The van der Waals surface area contributed by atoms with Gasteiger partial charge in [-0.2, -0.15) is 0 Å².